The van der Waals surface area contributed by atoms with E-state index in [9.17, 15) is 9.59 Å². The molecular weight excluding hydrogens is 398 g/mol. The molecule has 2 amide bonds. The lowest BCUT2D eigenvalue weighted by atomic mass is 10.1. The predicted octanol–water partition coefficient (Wildman–Crippen LogP) is 1.61. The van der Waals surface area contributed by atoms with Crippen LogP contribution >= 0.6 is 28.3 Å². The van der Waals surface area contributed by atoms with Crippen LogP contribution in [0, 0.1) is 0 Å². The first-order chi connectivity index (χ1) is 11.1. The van der Waals surface area contributed by atoms with Crippen molar-refractivity contribution in [3.63, 3.8) is 0 Å². The Morgan fingerprint density at radius 3 is 2.75 bits per heavy atom. The van der Waals surface area contributed by atoms with Crippen molar-refractivity contribution in [3.8, 4) is 0 Å². The quantitative estimate of drug-likeness (QED) is 0.611. The number of fused-ring (bicyclic) bond motifs is 1. The Labute approximate surface area is 153 Å². The van der Waals surface area contributed by atoms with Crippen LogP contribution in [0.3, 0.4) is 0 Å². The van der Waals surface area contributed by atoms with Gasteiger partial charge in [0.25, 0.3) is 5.91 Å². The van der Waals surface area contributed by atoms with E-state index in [-0.39, 0.29) is 30.8 Å². The number of carbonyl (C=O) groups excluding carboxylic acids is 2. The summed E-state index contributed by atoms with van der Waals surface area (Å²) in [6, 6.07) is 7.22. The van der Waals surface area contributed by atoms with E-state index in [4.69, 9.17) is 0 Å². The summed E-state index contributed by atoms with van der Waals surface area (Å²) in [5.41, 5.74) is 2.88. The van der Waals surface area contributed by atoms with Crippen LogP contribution in [0.4, 0.5) is 5.69 Å². The van der Waals surface area contributed by atoms with E-state index in [1.807, 2.05) is 12.1 Å². The molecule has 3 rings (SSSR count). The molecule has 0 fully saturated rings. The van der Waals surface area contributed by atoms with Gasteiger partial charge in [-0.2, -0.15) is 5.10 Å². The molecule has 7 nitrogen and oxygen atoms in total. The molecule has 1 aliphatic heterocycles. The molecule has 128 valence electrons. The van der Waals surface area contributed by atoms with Crippen LogP contribution in [0.5, 0.6) is 0 Å². The van der Waals surface area contributed by atoms with Gasteiger partial charge in [0.2, 0.25) is 5.91 Å². The second-order valence-electron chi connectivity index (χ2n) is 5.19. The Bertz CT molecular complexity index is 732. The molecule has 1 aromatic carbocycles. The van der Waals surface area contributed by atoms with Crippen molar-refractivity contribution in [2.75, 3.05) is 18.4 Å². The molecule has 1 aromatic heterocycles. The number of H-pyrrole nitrogens is 1. The number of carbonyl (C=O) groups is 2. The Balaban J connectivity index is 0.00000208. The maximum Gasteiger partial charge on any atom is 0.272 e. The summed E-state index contributed by atoms with van der Waals surface area (Å²) in [7, 11) is 0. The fraction of sp³-hybridized carbons (Fsp3) is 0.267. The number of rotatable bonds is 4. The zero-order valence-corrected chi connectivity index (χ0v) is 15.1. The number of aromatic amines is 1. The molecule has 2 aromatic rings. The third-order valence-electron chi connectivity index (χ3n) is 3.56. The fourth-order valence-corrected chi connectivity index (χ4v) is 2.66. The van der Waals surface area contributed by atoms with Crippen molar-refractivity contribution in [1.29, 1.82) is 0 Å². The number of hydrogen-bond donors (Lipinski definition) is 4. The highest BCUT2D eigenvalue weighted by Gasteiger charge is 2.21. The second-order valence-corrected chi connectivity index (χ2v) is 6.11. The van der Waals surface area contributed by atoms with Crippen LogP contribution < -0.4 is 16.0 Å². The lowest BCUT2D eigenvalue weighted by molar-refractivity contribution is -0.115. The van der Waals surface area contributed by atoms with Crippen LogP contribution in [-0.2, 0) is 17.8 Å². The zero-order chi connectivity index (χ0) is 16.2. The predicted molar refractivity (Wildman–Crippen MR) is 96.4 cm³/mol. The van der Waals surface area contributed by atoms with Gasteiger partial charge < -0.3 is 16.0 Å². The molecule has 4 N–H and O–H groups in total. The van der Waals surface area contributed by atoms with Crippen molar-refractivity contribution >= 4 is 45.8 Å². The number of benzene rings is 1. The van der Waals surface area contributed by atoms with Crippen molar-refractivity contribution in [2.45, 2.75) is 13.0 Å². The SMILES string of the molecule is Cl.O=C(CNC(=O)c1n[nH]c2c1CNCC2)Nc1ccc(Br)cc1. The van der Waals surface area contributed by atoms with Crippen molar-refractivity contribution in [2.24, 2.45) is 0 Å². The van der Waals surface area contributed by atoms with Crippen molar-refractivity contribution in [1.82, 2.24) is 20.8 Å². The third kappa shape index (κ3) is 4.34. The summed E-state index contributed by atoms with van der Waals surface area (Å²) in [6.07, 6.45) is 0.819. The van der Waals surface area contributed by atoms with Crippen LogP contribution in [-0.4, -0.2) is 35.1 Å². The number of halogens is 2. The Morgan fingerprint density at radius 2 is 2.00 bits per heavy atom. The lowest BCUT2D eigenvalue weighted by Gasteiger charge is -2.12. The minimum Gasteiger partial charge on any atom is -0.342 e. The molecule has 0 radical (unpaired) electrons. The minimum atomic E-state index is -0.350. The second kappa shape index (κ2) is 8.27. The normalized spacial score (nSPS) is 12.7. The van der Waals surface area contributed by atoms with Crippen LogP contribution in [0.2, 0.25) is 0 Å². The minimum absolute atomic E-state index is 0. The summed E-state index contributed by atoms with van der Waals surface area (Å²) < 4.78 is 0.931. The van der Waals surface area contributed by atoms with Gasteiger partial charge in [-0.1, -0.05) is 15.9 Å². The monoisotopic (exact) mass is 413 g/mol. The molecule has 0 saturated carbocycles. The molecule has 9 heteroatoms. The van der Waals surface area contributed by atoms with Gasteiger partial charge in [0.1, 0.15) is 0 Å². The van der Waals surface area contributed by atoms with E-state index >= 15 is 0 Å². The molecule has 24 heavy (non-hydrogen) atoms. The highest BCUT2D eigenvalue weighted by Crippen LogP contribution is 2.15. The first-order valence-electron chi connectivity index (χ1n) is 7.24. The molecule has 0 atom stereocenters. The Morgan fingerprint density at radius 1 is 1.25 bits per heavy atom. The van der Waals surface area contributed by atoms with Gasteiger partial charge >= 0.3 is 0 Å². The van der Waals surface area contributed by atoms with Crippen LogP contribution in [0.25, 0.3) is 0 Å². The standard InChI is InChI=1S/C15H16BrN5O2.ClH/c16-9-1-3-10(4-2-9)19-13(22)8-18-15(23)14-11-7-17-6-5-12(11)20-21-14;/h1-4,17H,5-8H2,(H,18,23)(H,19,22)(H,20,21);1H. The largest absolute Gasteiger partial charge is 0.342 e. The lowest BCUT2D eigenvalue weighted by Crippen LogP contribution is -2.34. The maximum absolute atomic E-state index is 12.2. The molecule has 1 aliphatic rings. The first kappa shape index (κ1) is 18.4. The Hall–Kier alpha value is -1.90. The summed E-state index contributed by atoms with van der Waals surface area (Å²) in [4.78, 5) is 24.1. The zero-order valence-electron chi connectivity index (χ0n) is 12.7. The summed E-state index contributed by atoms with van der Waals surface area (Å²) in [5.74, 6) is -0.639. The number of nitrogens with zero attached hydrogens (tertiary/aromatic N) is 1. The highest BCUT2D eigenvalue weighted by atomic mass is 79.9. The average Bonchev–Trinajstić information content (AvgIpc) is 2.99. The third-order valence-corrected chi connectivity index (χ3v) is 4.09. The van der Waals surface area contributed by atoms with E-state index in [0.717, 1.165) is 28.7 Å². The highest BCUT2D eigenvalue weighted by molar-refractivity contribution is 9.10. The number of aromatic nitrogens is 2. The fourth-order valence-electron chi connectivity index (χ4n) is 2.40. The maximum atomic E-state index is 12.2. The Kier molecular flexibility index (Phi) is 6.36. The summed E-state index contributed by atoms with van der Waals surface area (Å²) in [6.45, 7) is 1.37. The first-order valence-corrected chi connectivity index (χ1v) is 8.03. The van der Waals surface area contributed by atoms with Gasteiger partial charge in [0.15, 0.2) is 5.69 Å². The number of anilines is 1. The molecule has 0 spiro atoms. The van der Waals surface area contributed by atoms with Gasteiger partial charge in [-0.3, -0.25) is 14.7 Å². The van der Waals surface area contributed by atoms with Crippen LogP contribution in [0.15, 0.2) is 28.7 Å². The van der Waals surface area contributed by atoms with E-state index in [2.05, 4.69) is 42.1 Å². The van der Waals surface area contributed by atoms with Gasteiger partial charge in [0.05, 0.1) is 6.54 Å². The summed E-state index contributed by atoms with van der Waals surface area (Å²) in [5, 5.41) is 15.5. The van der Waals surface area contributed by atoms with Crippen LogP contribution in [0.1, 0.15) is 21.7 Å². The van der Waals surface area contributed by atoms with Gasteiger partial charge in [-0.25, -0.2) is 0 Å². The number of amides is 2. The van der Waals surface area contributed by atoms with E-state index in [1.54, 1.807) is 12.1 Å². The molecule has 0 unspecified atom stereocenters. The smallest absolute Gasteiger partial charge is 0.272 e. The van der Waals surface area contributed by atoms with E-state index < -0.39 is 0 Å². The van der Waals surface area contributed by atoms with E-state index in [1.165, 1.54) is 0 Å². The molecule has 2 heterocycles. The molecule has 0 aliphatic carbocycles. The van der Waals surface area contributed by atoms with Gasteiger partial charge in [-0.15, -0.1) is 12.4 Å². The van der Waals surface area contributed by atoms with Gasteiger partial charge in [0, 0.05) is 40.9 Å². The number of nitrogens with one attached hydrogen (secondary N) is 4. The van der Waals surface area contributed by atoms with E-state index in [0.29, 0.717) is 17.9 Å². The van der Waals surface area contributed by atoms with Crippen molar-refractivity contribution in [3.05, 3.63) is 45.7 Å². The van der Waals surface area contributed by atoms with Gasteiger partial charge in [-0.05, 0) is 24.3 Å². The number of hydrogen-bond acceptors (Lipinski definition) is 4. The topological polar surface area (TPSA) is 98.9 Å². The summed E-state index contributed by atoms with van der Waals surface area (Å²) >= 11 is 3.33. The van der Waals surface area contributed by atoms with Crippen molar-refractivity contribution < 1.29 is 9.59 Å². The average molecular weight is 415 g/mol. The molecule has 0 bridgehead atoms. The molecular formula is C15H17BrClN5O2. The molecule has 0 saturated heterocycles.